The van der Waals surface area contributed by atoms with E-state index in [-0.39, 0.29) is 31.2 Å². The lowest BCUT2D eigenvalue weighted by molar-refractivity contribution is 0.0984. The van der Waals surface area contributed by atoms with E-state index in [1.807, 2.05) is 30.3 Å². The van der Waals surface area contributed by atoms with Gasteiger partial charge in [0.2, 0.25) is 0 Å². The van der Waals surface area contributed by atoms with Gasteiger partial charge in [0.05, 0.1) is 19.7 Å². The minimum atomic E-state index is -0.737. The molecule has 0 aliphatic heterocycles. The summed E-state index contributed by atoms with van der Waals surface area (Å²) in [6, 6.07) is 12.3. The first-order valence-electron chi connectivity index (χ1n) is 8.90. The molecular formula is C20H21N5O4. The zero-order valence-corrected chi connectivity index (χ0v) is 15.9. The number of nitrogen functional groups attached to an aromatic ring is 1. The quantitative estimate of drug-likeness (QED) is 0.615. The van der Waals surface area contributed by atoms with Crippen LogP contribution in [0.2, 0.25) is 0 Å². The predicted molar refractivity (Wildman–Crippen MR) is 109 cm³/mol. The summed E-state index contributed by atoms with van der Waals surface area (Å²) in [6.45, 7) is 0.442. The van der Waals surface area contributed by atoms with Crippen molar-refractivity contribution in [2.75, 3.05) is 24.4 Å². The number of benzene rings is 1. The second-order valence-corrected chi connectivity index (χ2v) is 6.25. The van der Waals surface area contributed by atoms with Crippen LogP contribution in [0, 0.1) is 0 Å². The van der Waals surface area contributed by atoms with E-state index in [0.29, 0.717) is 5.56 Å². The second kappa shape index (κ2) is 8.98. The van der Waals surface area contributed by atoms with Gasteiger partial charge >= 0.3 is 5.69 Å². The van der Waals surface area contributed by atoms with Gasteiger partial charge in [0.15, 0.2) is 5.69 Å². The summed E-state index contributed by atoms with van der Waals surface area (Å²) in [6.07, 6.45) is 2.97. The number of ether oxygens (including phenoxy) is 1. The van der Waals surface area contributed by atoms with Crippen LogP contribution >= 0.6 is 0 Å². The van der Waals surface area contributed by atoms with E-state index in [9.17, 15) is 14.4 Å². The monoisotopic (exact) mass is 395 g/mol. The van der Waals surface area contributed by atoms with Crippen LogP contribution in [0.5, 0.6) is 0 Å². The third-order valence-electron chi connectivity index (χ3n) is 4.36. The SMILES string of the molecule is COCCn1c(N)c(N(Cc2ccccc2)C(=O)c2ccncc2)c(=O)[nH]c1=O. The molecule has 0 fully saturated rings. The van der Waals surface area contributed by atoms with Crippen LogP contribution in [0.15, 0.2) is 64.4 Å². The first-order valence-corrected chi connectivity index (χ1v) is 8.90. The Morgan fingerprint density at radius 2 is 1.86 bits per heavy atom. The van der Waals surface area contributed by atoms with Crippen LogP contribution in [0.3, 0.4) is 0 Å². The van der Waals surface area contributed by atoms with Gasteiger partial charge in [-0.25, -0.2) is 4.79 Å². The van der Waals surface area contributed by atoms with Gasteiger partial charge in [-0.15, -0.1) is 0 Å². The topological polar surface area (TPSA) is 123 Å². The Bertz CT molecular complexity index is 1090. The Balaban J connectivity index is 2.14. The number of aromatic amines is 1. The number of carbonyl (C=O) groups excluding carboxylic acids is 1. The lowest BCUT2D eigenvalue weighted by atomic mass is 10.1. The molecule has 150 valence electrons. The maximum Gasteiger partial charge on any atom is 0.330 e. The first-order chi connectivity index (χ1) is 14.0. The average Bonchev–Trinajstić information content (AvgIpc) is 2.73. The molecule has 3 N–H and O–H groups in total. The highest BCUT2D eigenvalue weighted by Gasteiger charge is 2.25. The van der Waals surface area contributed by atoms with E-state index in [1.54, 1.807) is 12.1 Å². The number of nitrogens with one attached hydrogen (secondary N) is 1. The molecule has 2 aromatic heterocycles. The molecule has 0 bridgehead atoms. The highest BCUT2D eigenvalue weighted by molar-refractivity contribution is 6.07. The minimum Gasteiger partial charge on any atom is -0.383 e. The standard InChI is InChI=1S/C20H21N5O4/c1-29-12-11-24-17(21)16(18(26)23-20(24)28)25(13-14-5-3-2-4-6-14)19(27)15-7-9-22-10-8-15/h2-10H,11-13,21H2,1H3,(H,23,26,28). The number of nitrogens with two attached hydrogens (primary N) is 1. The van der Waals surface area contributed by atoms with Gasteiger partial charge in [0.25, 0.3) is 11.5 Å². The molecule has 29 heavy (non-hydrogen) atoms. The lowest BCUT2D eigenvalue weighted by Gasteiger charge is -2.24. The zero-order chi connectivity index (χ0) is 20.8. The molecule has 9 heteroatoms. The fourth-order valence-corrected chi connectivity index (χ4v) is 2.91. The third kappa shape index (κ3) is 4.41. The molecule has 0 saturated carbocycles. The Morgan fingerprint density at radius 1 is 1.17 bits per heavy atom. The van der Waals surface area contributed by atoms with Crippen molar-refractivity contribution in [1.82, 2.24) is 14.5 Å². The fraction of sp³-hybridized carbons (Fsp3) is 0.200. The van der Waals surface area contributed by atoms with E-state index in [2.05, 4.69) is 9.97 Å². The van der Waals surface area contributed by atoms with Gasteiger partial charge in [0.1, 0.15) is 5.82 Å². The zero-order valence-electron chi connectivity index (χ0n) is 15.9. The van der Waals surface area contributed by atoms with Crippen molar-refractivity contribution in [2.24, 2.45) is 0 Å². The van der Waals surface area contributed by atoms with Gasteiger partial charge in [-0.2, -0.15) is 0 Å². The molecule has 2 heterocycles. The number of hydrogen-bond donors (Lipinski definition) is 2. The molecule has 0 aliphatic rings. The number of carbonyl (C=O) groups is 1. The van der Waals surface area contributed by atoms with Gasteiger partial charge in [-0.1, -0.05) is 30.3 Å². The van der Waals surface area contributed by atoms with Crippen molar-refractivity contribution in [3.05, 3.63) is 86.8 Å². The minimum absolute atomic E-state index is 0.0913. The Morgan fingerprint density at radius 3 is 2.52 bits per heavy atom. The molecule has 0 radical (unpaired) electrons. The average molecular weight is 395 g/mol. The van der Waals surface area contributed by atoms with Crippen LogP contribution in [0.25, 0.3) is 0 Å². The summed E-state index contributed by atoms with van der Waals surface area (Å²) in [5.74, 6) is -0.542. The smallest absolute Gasteiger partial charge is 0.330 e. The Kier molecular flexibility index (Phi) is 6.20. The summed E-state index contributed by atoms with van der Waals surface area (Å²) >= 11 is 0. The Hall–Kier alpha value is -3.72. The maximum absolute atomic E-state index is 13.2. The molecule has 3 rings (SSSR count). The van der Waals surface area contributed by atoms with E-state index in [0.717, 1.165) is 5.56 Å². The van der Waals surface area contributed by atoms with Crippen molar-refractivity contribution < 1.29 is 9.53 Å². The van der Waals surface area contributed by atoms with Crippen molar-refractivity contribution in [3.63, 3.8) is 0 Å². The summed E-state index contributed by atoms with van der Waals surface area (Å²) < 4.78 is 6.18. The second-order valence-electron chi connectivity index (χ2n) is 6.25. The number of methoxy groups -OCH3 is 1. The summed E-state index contributed by atoms with van der Waals surface area (Å²) in [5.41, 5.74) is 5.82. The van der Waals surface area contributed by atoms with Crippen LogP contribution in [-0.2, 0) is 17.8 Å². The number of hydrogen-bond acceptors (Lipinski definition) is 6. The molecule has 0 aliphatic carbocycles. The molecule has 1 aromatic carbocycles. The molecule has 0 atom stereocenters. The maximum atomic E-state index is 13.2. The van der Waals surface area contributed by atoms with Gasteiger partial charge in [-0.3, -0.25) is 29.0 Å². The lowest BCUT2D eigenvalue weighted by Crippen LogP contribution is -2.41. The highest BCUT2D eigenvalue weighted by Crippen LogP contribution is 2.22. The number of H-pyrrole nitrogens is 1. The van der Waals surface area contributed by atoms with Crippen molar-refractivity contribution in [3.8, 4) is 0 Å². The van der Waals surface area contributed by atoms with E-state index in [1.165, 1.54) is 29.0 Å². The van der Waals surface area contributed by atoms with Crippen LogP contribution in [-0.4, -0.2) is 34.2 Å². The summed E-state index contributed by atoms with van der Waals surface area (Å²) in [7, 11) is 1.49. The van der Waals surface area contributed by atoms with Crippen molar-refractivity contribution in [1.29, 1.82) is 0 Å². The van der Waals surface area contributed by atoms with Crippen molar-refractivity contribution in [2.45, 2.75) is 13.1 Å². The third-order valence-corrected chi connectivity index (χ3v) is 4.36. The van der Waals surface area contributed by atoms with E-state index in [4.69, 9.17) is 10.5 Å². The number of aromatic nitrogens is 3. The molecule has 3 aromatic rings. The molecular weight excluding hydrogens is 374 g/mol. The van der Waals surface area contributed by atoms with Gasteiger partial charge in [-0.05, 0) is 17.7 Å². The molecule has 1 amide bonds. The van der Waals surface area contributed by atoms with Crippen LogP contribution in [0.1, 0.15) is 15.9 Å². The van der Waals surface area contributed by atoms with E-state index < -0.39 is 17.2 Å². The first kappa shape index (κ1) is 20.0. The summed E-state index contributed by atoms with van der Waals surface area (Å²) in [4.78, 5) is 45.5. The van der Waals surface area contributed by atoms with Crippen molar-refractivity contribution >= 4 is 17.4 Å². The van der Waals surface area contributed by atoms with Crippen LogP contribution in [0.4, 0.5) is 11.5 Å². The number of pyridine rings is 1. The largest absolute Gasteiger partial charge is 0.383 e. The Labute approximate surface area is 166 Å². The van der Waals surface area contributed by atoms with Crippen LogP contribution < -0.4 is 21.9 Å². The van der Waals surface area contributed by atoms with Gasteiger partial charge < -0.3 is 10.5 Å². The fourth-order valence-electron chi connectivity index (χ4n) is 2.91. The number of rotatable bonds is 7. The highest BCUT2D eigenvalue weighted by atomic mass is 16.5. The molecule has 0 saturated heterocycles. The van der Waals surface area contributed by atoms with Gasteiger partial charge in [0, 0.05) is 25.1 Å². The molecule has 0 unspecified atom stereocenters. The molecule has 0 spiro atoms. The summed E-state index contributed by atoms with van der Waals surface area (Å²) in [5, 5.41) is 0. The van der Waals surface area contributed by atoms with E-state index >= 15 is 0 Å². The predicted octanol–water partition coefficient (Wildman–Crippen LogP) is 1.01. The number of nitrogens with zero attached hydrogens (tertiary/aromatic N) is 3. The normalized spacial score (nSPS) is 10.7. The number of amides is 1. The molecule has 9 nitrogen and oxygen atoms in total. The number of anilines is 2.